The maximum absolute atomic E-state index is 12.7. The standard InChI is InChI=1S/C10H11F2N3O3/c11-10(12)17-7-2-1-5(3-8(7)18-10)15-4-6(13)9(14)16/h1-3,6,15H,4,13H2,(H2,14,16). The molecule has 0 aromatic heterocycles. The smallest absolute Gasteiger partial charge is 0.395 e. The lowest BCUT2D eigenvalue weighted by molar-refractivity contribution is -0.286. The molecule has 0 fully saturated rings. The van der Waals surface area contributed by atoms with Gasteiger partial charge in [-0.1, -0.05) is 0 Å². The first-order valence-corrected chi connectivity index (χ1v) is 5.06. The van der Waals surface area contributed by atoms with Crippen LogP contribution in [0.25, 0.3) is 0 Å². The minimum absolute atomic E-state index is 0.0512. The molecule has 1 aromatic rings. The fraction of sp³-hybridized carbons (Fsp3) is 0.300. The van der Waals surface area contributed by atoms with Crippen molar-refractivity contribution < 1.29 is 23.0 Å². The number of alkyl halides is 2. The van der Waals surface area contributed by atoms with E-state index in [1.54, 1.807) is 0 Å². The summed E-state index contributed by atoms with van der Waals surface area (Å²) in [7, 11) is 0. The van der Waals surface area contributed by atoms with Gasteiger partial charge in [-0.2, -0.15) is 0 Å². The van der Waals surface area contributed by atoms with Crippen LogP contribution in [0.4, 0.5) is 14.5 Å². The molecule has 0 radical (unpaired) electrons. The molecule has 0 aliphatic carbocycles. The second kappa shape index (κ2) is 4.30. The van der Waals surface area contributed by atoms with Crippen LogP contribution >= 0.6 is 0 Å². The number of carbonyl (C=O) groups is 1. The van der Waals surface area contributed by atoms with Crippen molar-refractivity contribution >= 4 is 11.6 Å². The third kappa shape index (κ3) is 2.59. The van der Waals surface area contributed by atoms with Crippen molar-refractivity contribution in [2.75, 3.05) is 11.9 Å². The van der Waals surface area contributed by atoms with E-state index in [0.29, 0.717) is 5.69 Å². The SMILES string of the molecule is NC(=O)C(N)CNc1ccc2c(c1)OC(F)(F)O2. The maximum atomic E-state index is 12.7. The second-order valence-electron chi connectivity index (χ2n) is 3.72. The normalized spacial score (nSPS) is 17.3. The number of halogens is 2. The Morgan fingerprint density at radius 2 is 2.06 bits per heavy atom. The second-order valence-corrected chi connectivity index (χ2v) is 3.72. The molecule has 0 bridgehead atoms. The number of hydrogen-bond acceptors (Lipinski definition) is 5. The van der Waals surface area contributed by atoms with Gasteiger partial charge in [-0.25, -0.2) is 0 Å². The third-order valence-corrected chi connectivity index (χ3v) is 2.29. The Morgan fingerprint density at radius 3 is 2.72 bits per heavy atom. The molecule has 98 valence electrons. The highest BCUT2D eigenvalue weighted by atomic mass is 19.3. The van der Waals surface area contributed by atoms with Crippen LogP contribution in [0.5, 0.6) is 11.5 Å². The van der Waals surface area contributed by atoms with Gasteiger partial charge in [0, 0.05) is 18.3 Å². The molecule has 1 amide bonds. The molecule has 1 unspecified atom stereocenters. The van der Waals surface area contributed by atoms with E-state index in [1.165, 1.54) is 18.2 Å². The summed E-state index contributed by atoms with van der Waals surface area (Å²) in [6.45, 7) is 0.0887. The van der Waals surface area contributed by atoms with E-state index in [-0.39, 0.29) is 18.0 Å². The molecule has 0 spiro atoms. The lowest BCUT2D eigenvalue weighted by atomic mass is 10.2. The van der Waals surface area contributed by atoms with Crippen LogP contribution in [-0.4, -0.2) is 24.8 Å². The van der Waals surface area contributed by atoms with Gasteiger partial charge in [0.05, 0.1) is 0 Å². The lowest BCUT2D eigenvalue weighted by Gasteiger charge is -2.10. The molecule has 1 aliphatic heterocycles. The van der Waals surface area contributed by atoms with Gasteiger partial charge in [-0.3, -0.25) is 4.79 Å². The summed E-state index contributed by atoms with van der Waals surface area (Å²) in [6.07, 6.45) is -3.65. The van der Waals surface area contributed by atoms with Crippen molar-refractivity contribution in [1.29, 1.82) is 0 Å². The molecular weight excluding hydrogens is 248 g/mol. The van der Waals surface area contributed by atoms with Crippen LogP contribution < -0.4 is 26.3 Å². The number of hydrogen-bond donors (Lipinski definition) is 3. The number of rotatable bonds is 4. The highest BCUT2D eigenvalue weighted by Crippen LogP contribution is 2.42. The largest absolute Gasteiger partial charge is 0.586 e. The van der Waals surface area contributed by atoms with Crippen LogP contribution in [0.2, 0.25) is 0 Å². The summed E-state index contributed by atoms with van der Waals surface area (Å²) in [6, 6.07) is 3.28. The Kier molecular flexibility index (Phi) is 2.95. The highest BCUT2D eigenvalue weighted by molar-refractivity contribution is 5.80. The average Bonchev–Trinajstić information content (AvgIpc) is 2.58. The van der Waals surface area contributed by atoms with Crippen molar-refractivity contribution in [1.82, 2.24) is 0 Å². The molecule has 8 heteroatoms. The fourth-order valence-electron chi connectivity index (χ4n) is 1.39. The number of anilines is 1. The quantitative estimate of drug-likeness (QED) is 0.719. The number of nitrogens with two attached hydrogens (primary N) is 2. The summed E-state index contributed by atoms with van der Waals surface area (Å²) in [5.41, 5.74) is 10.8. The van der Waals surface area contributed by atoms with Gasteiger partial charge in [-0.15, -0.1) is 8.78 Å². The zero-order valence-electron chi connectivity index (χ0n) is 9.15. The Morgan fingerprint density at radius 1 is 1.39 bits per heavy atom. The van der Waals surface area contributed by atoms with Gasteiger partial charge >= 0.3 is 6.29 Å². The predicted molar refractivity (Wildman–Crippen MR) is 58.3 cm³/mol. The lowest BCUT2D eigenvalue weighted by Crippen LogP contribution is -2.41. The summed E-state index contributed by atoms with van der Waals surface area (Å²) in [5, 5.41) is 2.78. The molecule has 1 aliphatic rings. The van der Waals surface area contributed by atoms with Gasteiger partial charge in [0.2, 0.25) is 5.91 Å². The van der Waals surface area contributed by atoms with E-state index in [1.807, 2.05) is 0 Å². The van der Waals surface area contributed by atoms with Crippen molar-refractivity contribution in [2.45, 2.75) is 12.3 Å². The number of ether oxygens (including phenoxy) is 2. The molecular formula is C10H11F2N3O3. The summed E-state index contributed by atoms with van der Waals surface area (Å²) >= 11 is 0. The Hall–Kier alpha value is -2.09. The maximum Gasteiger partial charge on any atom is 0.586 e. The van der Waals surface area contributed by atoms with Crippen LogP contribution in [0.15, 0.2) is 18.2 Å². The molecule has 0 saturated heterocycles. The Bertz CT molecular complexity index is 481. The number of primary amides is 1. The van der Waals surface area contributed by atoms with Crippen molar-refractivity contribution in [3.8, 4) is 11.5 Å². The van der Waals surface area contributed by atoms with Gasteiger partial charge in [0.25, 0.3) is 0 Å². The van der Waals surface area contributed by atoms with E-state index < -0.39 is 18.2 Å². The van der Waals surface area contributed by atoms with Crippen molar-refractivity contribution in [3.05, 3.63) is 18.2 Å². The minimum Gasteiger partial charge on any atom is -0.395 e. The fourth-order valence-corrected chi connectivity index (χ4v) is 1.39. The third-order valence-electron chi connectivity index (χ3n) is 2.29. The molecule has 2 rings (SSSR count). The zero-order chi connectivity index (χ0) is 13.3. The predicted octanol–water partition coefficient (Wildman–Crippen LogP) is 0.233. The summed E-state index contributed by atoms with van der Waals surface area (Å²) in [5.74, 6) is -0.794. The van der Waals surface area contributed by atoms with Crippen molar-refractivity contribution in [3.63, 3.8) is 0 Å². The van der Waals surface area contributed by atoms with Gasteiger partial charge in [-0.05, 0) is 12.1 Å². The summed E-state index contributed by atoms with van der Waals surface area (Å²) < 4.78 is 34.0. The van der Waals surface area contributed by atoms with E-state index in [2.05, 4.69) is 14.8 Å². The van der Waals surface area contributed by atoms with E-state index >= 15 is 0 Å². The van der Waals surface area contributed by atoms with E-state index in [0.717, 1.165) is 0 Å². The topological polar surface area (TPSA) is 99.6 Å². The molecule has 18 heavy (non-hydrogen) atoms. The molecule has 5 N–H and O–H groups in total. The van der Waals surface area contributed by atoms with Crippen molar-refractivity contribution in [2.24, 2.45) is 11.5 Å². The molecule has 1 aromatic carbocycles. The Balaban J connectivity index is 2.03. The first kappa shape index (κ1) is 12.4. The molecule has 6 nitrogen and oxygen atoms in total. The van der Waals surface area contributed by atoms with Gasteiger partial charge < -0.3 is 26.3 Å². The van der Waals surface area contributed by atoms with Crippen LogP contribution in [0.1, 0.15) is 0 Å². The number of carbonyl (C=O) groups excluding carboxylic acids is 1. The monoisotopic (exact) mass is 259 g/mol. The number of amides is 1. The number of benzene rings is 1. The van der Waals surface area contributed by atoms with Crippen LogP contribution in [0.3, 0.4) is 0 Å². The minimum atomic E-state index is -3.65. The average molecular weight is 259 g/mol. The van der Waals surface area contributed by atoms with Crippen LogP contribution in [0, 0.1) is 0 Å². The number of fused-ring (bicyclic) bond motifs is 1. The molecule has 1 heterocycles. The first-order valence-electron chi connectivity index (χ1n) is 5.06. The highest BCUT2D eigenvalue weighted by Gasteiger charge is 2.43. The first-order chi connectivity index (χ1) is 8.37. The van der Waals surface area contributed by atoms with E-state index in [9.17, 15) is 13.6 Å². The van der Waals surface area contributed by atoms with Gasteiger partial charge in [0.15, 0.2) is 11.5 Å². The molecule has 0 saturated carbocycles. The number of nitrogens with one attached hydrogen (secondary N) is 1. The molecule has 1 atom stereocenters. The van der Waals surface area contributed by atoms with Gasteiger partial charge in [0.1, 0.15) is 6.04 Å². The summed E-state index contributed by atoms with van der Waals surface area (Å²) in [4.78, 5) is 10.7. The van der Waals surface area contributed by atoms with E-state index in [4.69, 9.17) is 11.5 Å². The zero-order valence-corrected chi connectivity index (χ0v) is 9.15. The Labute approximate surface area is 101 Å². The van der Waals surface area contributed by atoms with Crippen LogP contribution in [-0.2, 0) is 4.79 Å².